The molecule has 0 saturated heterocycles. The predicted octanol–water partition coefficient (Wildman–Crippen LogP) is 4.70. The van der Waals surface area contributed by atoms with Crippen LogP contribution in [0.1, 0.15) is 30.9 Å². The van der Waals surface area contributed by atoms with Gasteiger partial charge in [0.1, 0.15) is 11.5 Å². The molecular formula is C17H18O3. The largest absolute Gasteiger partial charge is 0.519 e. The van der Waals surface area contributed by atoms with E-state index in [2.05, 4.69) is 13.8 Å². The lowest BCUT2D eigenvalue weighted by molar-refractivity contribution is 0.151. The Hall–Kier alpha value is -2.29. The first kappa shape index (κ1) is 14.1. The molecule has 2 rings (SSSR count). The van der Waals surface area contributed by atoms with E-state index in [0.717, 1.165) is 11.1 Å². The zero-order valence-electron chi connectivity index (χ0n) is 11.9. The number of hydrogen-bond donors (Lipinski definition) is 0. The Balaban J connectivity index is 2.13. The minimum absolute atomic E-state index is 0.273. The summed E-state index contributed by atoms with van der Waals surface area (Å²) in [5.74, 6) is 1.30. The van der Waals surface area contributed by atoms with Crippen LogP contribution < -0.4 is 9.47 Å². The molecule has 0 radical (unpaired) electrons. The van der Waals surface area contributed by atoms with Crippen LogP contribution in [0.3, 0.4) is 0 Å². The summed E-state index contributed by atoms with van der Waals surface area (Å²) >= 11 is 0. The summed E-state index contributed by atoms with van der Waals surface area (Å²) in [6, 6.07) is 14.7. The molecule has 0 N–H and O–H groups in total. The molecule has 0 amide bonds. The molecule has 0 fully saturated rings. The van der Waals surface area contributed by atoms with E-state index in [1.807, 2.05) is 31.2 Å². The fourth-order valence-electron chi connectivity index (χ4n) is 1.90. The maximum atomic E-state index is 11.8. The summed E-state index contributed by atoms with van der Waals surface area (Å²) in [4.78, 5) is 11.8. The van der Waals surface area contributed by atoms with Crippen molar-refractivity contribution in [2.45, 2.75) is 26.7 Å². The molecule has 0 aliphatic heterocycles. The smallest absolute Gasteiger partial charge is 0.395 e. The van der Waals surface area contributed by atoms with Crippen molar-refractivity contribution in [3.8, 4) is 11.5 Å². The van der Waals surface area contributed by atoms with Gasteiger partial charge in [-0.1, -0.05) is 44.2 Å². The van der Waals surface area contributed by atoms with Gasteiger partial charge >= 0.3 is 6.16 Å². The van der Waals surface area contributed by atoms with Crippen molar-refractivity contribution < 1.29 is 14.3 Å². The van der Waals surface area contributed by atoms with Gasteiger partial charge in [-0.15, -0.1) is 0 Å². The van der Waals surface area contributed by atoms with Crippen LogP contribution in [-0.2, 0) is 0 Å². The van der Waals surface area contributed by atoms with Gasteiger partial charge in [0.15, 0.2) is 0 Å². The highest BCUT2D eigenvalue weighted by Gasteiger charge is 2.13. The molecule has 0 unspecified atom stereocenters. The second kappa shape index (κ2) is 6.24. The summed E-state index contributed by atoms with van der Waals surface area (Å²) < 4.78 is 10.5. The first-order valence-electron chi connectivity index (χ1n) is 6.61. The molecule has 0 atom stereocenters. The molecule has 0 aliphatic carbocycles. The standard InChI is InChI=1S/C17H18O3/c1-12(2)15-10-9-13(3)11-16(15)20-17(18)19-14-7-5-4-6-8-14/h4-12H,1-3H3. The maximum absolute atomic E-state index is 11.8. The lowest BCUT2D eigenvalue weighted by atomic mass is 10.0. The maximum Gasteiger partial charge on any atom is 0.519 e. The molecule has 3 heteroatoms. The van der Waals surface area contributed by atoms with E-state index < -0.39 is 6.16 Å². The van der Waals surface area contributed by atoms with Crippen LogP contribution in [-0.4, -0.2) is 6.16 Å². The Kier molecular flexibility index (Phi) is 4.41. The number of hydrogen-bond acceptors (Lipinski definition) is 3. The normalized spacial score (nSPS) is 10.4. The van der Waals surface area contributed by atoms with E-state index in [0.29, 0.717) is 11.5 Å². The van der Waals surface area contributed by atoms with Crippen LogP contribution in [0.15, 0.2) is 48.5 Å². The monoisotopic (exact) mass is 270 g/mol. The third-order valence-electron chi connectivity index (χ3n) is 2.93. The highest BCUT2D eigenvalue weighted by Crippen LogP contribution is 2.28. The second-order valence-electron chi connectivity index (χ2n) is 4.96. The molecular weight excluding hydrogens is 252 g/mol. The number of benzene rings is 2. The topological polar surface area (TPSA) is 35.5 Å². The van der Waals surface area contributed by atoms with Crippen LogP contribution in [0.25, 0.3) is 0 Å². The number of ether oxygens (including phenoxy) is 2. The molecule has 2 aromatic rings. The van der Waals surface area contributed by atoms with Gasteiger partial charge < -0.3 is 9.47 Å². The van der Waals surface area contributed by atoms with Gasteiger partial charge in [-0.3, -0.25) is 0 Å². The van der Waals surface area contributed by atoms with Crippen LogP contribution in [0.2, 0.25) is 0 Å². The molecule has 0 aliphatic rings. The number of aryl methyl sites for hydroxylation is 1. The fraction of sp³-hybridized carbons (Fsp3) is 0.235. The molecule has 3 nitrogen and oxygen atoms in total. The van der Waals surface area contributed by atoms with Gasteiger partial charge in [0.25, 0.3) is 0 Å². The summed E-state index contributed by atoms with van der Waals surface area (Å²) in [7, 11) is 0. The highest BCUT2D eigenvalue weighted by molar-refractivity contribution is 5.67. The first-order chi connectivity index (χ1) is 9.56. The molecule has 0 bridgehead atoms. The first-order valence-corrected chi connectivity index (χ1v) is 6.61. The number of carbonyl (C=O) groups excluding carboxylic acids is 1. The summed E-state index contributed by atoms with van der Waals surface area (Å²) in [6.07, 6.45) is -0.719. The zero-order chi connectivity index (χ0) is 14.5. The molecule has 20 heavy (non-hydrogen) atoms. The average Bonchev–Trinajstić information content (AvgIpc) is 2.39. The van der Waals surface area contributed by atoms with E-state index in [4.69, 9.17) is 9.47 Å². The summed E-state index contributed by atoms with van der Waals surface area (Å²) in [5.41, 5.74) is 2.03. The van der Waals surface area contributed by atoms with Gasteiger partial charge in [0, 0.05) is 0 Å². The fourth-order valence-corrected chi connectivity index (χ4v) is 1.90. The third kappa shape index (κ3) is 3.60. The van der Waals surface area contributed by atoms with Crippen molar-refractivity contribution in [3.63, 3.8) is 0 Å². The van der Waals surface area contributed by atoms with Crippen LogP contribution in [0, 0.1) is 6.92 Å². The van der Waals surface area contributed by atoms with Crippen LogP contribution >= 0.6 is 0 Å². The van der Waals surface area contributed by atoms with Crippen molar-refractivity contribution in [1.29, 1.82) is 0 Å². The number of carbonyl (C=O) groups is 1. The molecule has 0 saturated carbocycles. The van der Waals surface area contributed by atoms with Crippen LogP contribution in [0.5, 0.6) is 11.5 Å². The zero-order valence-corrected chi connectivity index (χ0v) is 11.9. The Morgan fingerprint density at radius 1 is 1.00 bits per heavy atom. The summed E-state index contributed by atoms with van der Waals surface area (Å²) in [6.45, 7) is 6.07. The second-order valence-corrected chi connectivity index (χ2v) is 4.96. The lowest BCUT2D eigenvalue weighted by Gasteiger charge is -2.13. The van der Waals surface area contributed by atoms with Crippen molar-refractivity contribution in [2.75, 3.05) is 0 Å². The van der Waals surface area contributed by atoms with Gasteiger partial charge in [-0.05, 0) is 42.2 Å². The van der Waals surface area contributed by atoms with Crippen molar-refractivity contribution in [1.82, 2.24) is 0 Å². The quantitative estimate of drug-likeness (QED) is 0.599. The molecule has 2 aromatic carbocycles. The summed E-state index contributed by atoms with van der Waals surface area (Å²) in [5, 5.41) is 0. The van der Waals surface area contributed by atoms with E-state index in [9.17, 15) is 4.79 Å². The Morgan fingerprint density at radius 3 is 2.35 bits per heavy atom. The average molecular weight is 270 g/mol. The molecule has 0 spiro atoms. The van der Waals surface area contributed by atoms with Gasteiger partial charge in [-0.2, -0.15) is 0 Å². The van der Waals surface area contributed by atoms with Crippen LogP contribution in [0.4, 0.5) is 4.79 Å². The Morgan fingerprint density at radius 2 is 1.70 bits per heavy atom. The van der Waals surface area contributed by atoms with Crippen molar-refractivity contribution >= 4 is 6.16 Å². The Labute approximate surface area is 119 Å². The molecule has 0 heterocycles. The van der Waals surface area contributed by atoms with E-state index >= 15 is 0 Å². The lowest BCUT2D eigenvalue weighted by Crippen LogP contribution is -2.15. The van der Waals surface area contributed by atoms with E-state index in [1.165, 1.54) is 0 Å². The van der Waals surface area contributed by atoms with E-state index in [1.54, 1.807) is 24.3 Å². The minimum atomic E-state index is -0.719. The van der Waals surface area contributed by atoms with Gasteiger partial charge in [0.05, 0.1) is 0 Å². The van der Waals surface area contributed by atoms with E-state index in [-0.39, 0.29) is 5.92 Å². The third-order valence-corrected chi connectivity index (χ3v) is 2.93. The van der Waals surface area contributed by atoms with Crippen molar-refractivity contribution in [2.24, 2.45) is 0 Å². The highest BCUT2D eigenvalue weighted by atomic mass is 16.7. The van der Waals surface area contributed by atoms with Crippen molar-refractivity contribution in [3.05, 3.63) is 59.7 Å². The SMILES string of the molecule is Cc1ccc(C(C)C)c(OC(=O)Oc2ccccc2)c1. The number of para-hydroxylation sites is 1. The Bertz CT molecular complexity index is 588. The minimum Gasteiger partial charge on any atom is -0.395 e. The molecule has 104 valence electrons. The predicted molar refractivity (Wildman–Crippen MR) is 78.4 cm³/mol. The van der Waals surface area contributed by atoms with Gasteiger partial charge in [0.2, 0.25) is 0 Å². The number of rotatable bonds is 3. The van der Waals surface area contributed by atoms with Gasteiger partial charge in [-0.25, -0.2) is 4.79 Å². The molecule has 0 aromatic heterocycles.